The predicted molar refractivity (Wildman–Crippen MR) is 90.2 cm³/mol. The van der Waals surface area contributed by atoms with Crippen molar-refractivity contribution in [2.24, 2.45) is 5.92 Å². The Morgan fingerprint density at radius 2 is 1.91 bits per heavy atom. The van der Waals surface area contributed by atoms with Crippen molar-refractivity contribution in [2.45, 2.75) is 44.2 Å². The van der Waals surface area contributed by atoms with Crippen molar-refractivity contribution < 1.29 is 13.2 Å². The summed E-state index contributed by atoms with van der Waals surface area (Å²) >= 11 is 0. The number of benzene rings is 1. The normalized spacial score (nSPS) is 22.2. The van der Waals surface area contributed by atoms with Gasteiger partial charge < -0.3 is 10.1 Å². The quantitative estimate of drug-likeness (QED) is 0.855. The first-order valence-corrected chi connectivity index (χ1v) is 8.86. The largest absolute Gasteiger partial charge is 0.491 e. The summed E-state index contributed by atoms with van der Waals surface area (Å²) in [5, 5.41) is 3.26. The molecule has 1 aromatic carbocycles. The smallest absolute Gasteiger partial charge is 0.240 e. The average molecular weight is 349 g/mol. The number of piperidine rings is 1. The molecule has 5 nitrogen and oxygen atoms in total. The minimum absolute atomic E-state index is 0. The van der Waals surface area contributed by atoms with E-state index in [4.69, 9.17) is 4.74 Å². The molecule has 0 aromatic heterocycles. The molecule has 0 aliphatic carbocycles. The van der Waals surface area contributed by atoms with Gasteiger partial charge in [-0.15, -0.1) is 12.4 Å². The van der Waals surface area contributed by atoms with Crippen molar-refractivity contribution in [3.63, 3.8) is 0 Å². The summed E-state index contributed by atoms with van der Waals surface area (Å²) in [7, 11) is -3.47. The van der Waals surface area contributed by atoms with E-state index < -0.39 is 10.0 Å². The zero-order valence-corrected chi connectivity index (χ0v) is 14.8. The van der Waals surface area contributed by atoms with Gasteiger partial charge in [0.25, 0.3) is 0 Å². The minimum Gasteiger partial charge on any atom is -0.491 e. The highest BCUT2D eigenvalue weighted by atomic mass is 35.5. The zero-order chi connectivity index (χ0) is 15.5. The van der Waals surface area contributed by atoms with E-state index in [1.807, 2.05) is 13.8 Å². The fraction of sp³-hybridized carbons (Fsp3) is 0.600. The van der Waals surface area contributed by atoms with Crippen LogP contribution in [0.1, 0.15) is 27.2 Å². The fourth-order valence-corrected chi connectivity index (χ4v) is 3.81. The molecule has 7 heteroatoms. The van der Waals surface area contributed by atoms with Crippen LogP contribution in [-0.2, 0) is 10.0 Å². The first kappa shape index (κ1) is 19.2. The van der Waals surface area contributed by atoms with Gasteiger partial charge in [-0.25, -0.2) is 13.1 Å². The zero-order valence-electron chi connectivity index (χ0n) is 13.2. The van der Waals surface area contributed by atoms with Crippen LogP contribution in [0.3, 0.4) is 0 Å². The summed E-state index contributed by atoms with van der Waals surface area (Å²) in [6, 6.07) is 6.56. The number of sulfonamides is 1. The van der Waals surface area contributed by atoms with Gasteiger partial charge >= 0.3 is 0 Å². The number of hydrogen-bond acceptors (Lipinski definition) is 4. The second kappa shape index (κ2) is 8.15. The Morgan fingerprint density at radius 1 is 1.27 bits per heavy atom. The Balaban J connectivity index is 0.00000242. The molecular weight excluding hydrogens is 324 g/mol. The summed E-state index contributed by atoms with van der Waals surface area (Å²) in [5.74, 6) is 0.969. The Labute approximate surface area is 139 Å². The van der Waals surface area contributed by atoms with Crippen molar-refractivity contribution >= 4 is 22.4 Å². The average Bonchev–Trinajstić information content (AvgIpc) is 2.41. The molecule has 1 aliphatic heterocycles. The van der Waals surface area contributed by atoms with Gasteiger partial charge in [0.1, 0.15) is 5.75 Å². The van der Waals surface area contributed by atoms with Gasteiger partial charge in [0, 0.05) is 6.04 Å². The highest BCUT2D eigenvalue weighted by Gasteiger charge is 2.26. The molecule has 2 rings (SSSR count). The van der Waals surface area contributed by atoms with Crippen LogP contribution in [0, 0.1) is 5.92 Å². The fourth-order valence-electron chi connectivity index (χ4n) is 2.43. The first-order chi connectivity index (χ1) is 9.88. The first-order valence-electron chi connectivity index (χ1n) is 7.38. The standard InChI is InChI=1S/C15H24N2O3S.ClH/c1-11(2)20-13-4-6-14(7-5-13)21(18,19)17-15-8-9-16-10-12(15)3;/h4-7,11-12,15-17H,8-10H2,1-3H3;1H. The molecule has 126 valence electrons. The van der Waals surface area contributed by atoms with Crippen molar-refractivity contribution in [3.8, 4) is 5.75 Å². The summed E-state index contributed by atoms with van der Waals surface area (Å²) in [6.07, 6.45) is 0.885. The van der Waals surface area contributed by atoms with Crippen LogP contribution in [-0.4, -0.2) is 33.7 Å². The topological polar surface area (TPSA) is 67.4 Å². The molecule has 1 aromatic rings. The molecule has 1 saturated heterocycles. The third-order valence-electron chi connectivity index (χ3n) is 3.60. The van der Waals surface area contributed by atoms with E-state index in [9.17, 15) is 8.42 Å². The Bertz CT molecular complexity index is 561. The maximum atomic E-state index is 12.4. The monoisotopic (exact) mass is 348 g/mol. The molecule has 1 aliphatic rings. The van der Waals surface area contributed by atoms with Crippen LogP contribution in [0.2, 0.25) is 0 Å². The highest BCUT2D eigenvalue weighted by Crippen LogP contribution is 2.19. The lowest BCUT2D eigenvalue weighted by Crippen LogP contribution is -2.48. The molecule has 2 unspecified atom stereocenters. The SMILES string of the molecule is CC(C)Oc1ccc(S(=O)(=O)NC2CCNCC2C)cc1.Cl. The van der Waals surface area contributed by atoms with Crippen LogP contribution in [0.4, 0.5) is 0 Å². The van der Waals surface area contributed by atoms with Crippen LogP contribution in [0.5, 0.6) is 5.75 Å². The molecule has 0 radical (unpaired) electrons. The second-order valence-corrected chi connectivity index (χ2v) is 7.55. The van der Waals surface area contributed by atoms with Gasteiger partial charge in [-0.05, 0) is 63.5 Å². The van der Waals surface area contributed by atoms with Crippen molar-refractivity contribution in [2.75, 3.05) is 13.1 Å². The maximum Gasteiger partial charge on any atom is 0.240 e. The number of rotatable bonds is 5. The molecule has 0 bridgehead atoms. The Hall–Kier alpha value is -0.820. The van der Waals surface area contributed by atoms with Crippen molar-refractivity contribution in [1.82, 2.24) is 10.0 Å². The molecule has 22 heavy (non-hydrogen) atoms. The van der Waals surface area contributed by atoms with Crippen molar-refractivity contribution in [1.29, 1.82) is 0 Å². The van der Waals surface area contributed by atoms with E-state index in [1.54, 1.807) is 24.3 Å². The molecular formula is C15H25ClN2O3S. The highest BCUT2D eigenvalue weighted by molar-refractivity contribution is 7.89. The number of hydrogen-bond donors (Lipinski definition) is 2. The molecule has 0 saturated carbocycles. The number of ether oxygens (including phenoxy) is 1. The van der Waals surface area contributed by atoms with E-state index in [0.717, 1.165) is 19.5 Å². The molecule has 0 amide bonds. The van der Waals surface area contributed by atoms with Crippen LogP contribution < -0.4 is 14.8 Å². The summed E-state index contributed by atoms with van der Waals surface area (Å²) in [6.45, 7) is 7.61. The van der Waals surface area contributed by atoms with Crippen LogP contribution in [0.25, 0.3) is 0 Å². The maximum absolute atomic E-state index is 12.4. The van der Waals surface area contributed by atoms with Gasteiger partial charge in [-0.3, -0.25) is 0 Å². The summed E-state index contributed by atoms with van der Waals surface area (Å²) in [5.41, 5.74) is 0. The van der Waals surface area contributed by atoms with E-state index in [0.29, 0.717) is 5.75 Å². The lowest BCUT2D eigenvalue weighted by atomic mass is 9.97. The van der Waals surface area contributed by atoms with Gasteiger partial charge in [0.05, 0.1) is 11.0 Å². The molecule has 0 spiro atoms. The Morgan fingerprint density at radius 3 is 2.45 bits per heavy atom. The van der Waals surface area contributed by atoms with E-state index >= 15 is 0 Å². The van der Waals surface area contributed by atoms with E-state index in [2.05, 4.69) is 17.0 Å². The third-order valence-corrected chi connectivity index (χ3v) is 5.10. The summed E-state index contributed by atoms with van der Waals surface area (Å²) < 4.78 is 33.2. The number of halogens is 1. The lowest BCUT2D eigenvalue weighted by Gasteiger charge is -2.29. The molecule has 2 N–H and O–H groups in total. The molecule has 2 atom stereocenters. The second-order valence-electron chi connectivity index (χ2n) is 5.84. The van der Waals surface area contributed by atoms with Crippen LogP contribution >= 0.6 is 12.4 Å². The molecule has 1 heterocycles. The summed E-state index contributed by atoms with van der Waals surface area (Å²) in [4.78, 5) is 0.282. The molecule has 1 fully saturated rings. The van der Waals surface area contributed by atoms with Gasteiger partial charge in [0.2, 0.25) is 10.0 Å². The van der Waals surface area contributed by atoms with Crippen LogP contribution in [0.15, 0.2) is 29.2 Å². The van der Waals surface area contributed by atoms with E-state index in [1.165, 1.54) is 0 Å². The number of nitrogens with one attached hydrogen (secondary N) is 2. The van der Waals surface area contributed by atoms with Gasteiger partial charge in [-0.1, -0.05) is 6.92 Å². The predicted octanol–water partition coefficient (Wildman–Crippen LogP) is 2.17. The van der Waals surface area contributed by atoms with Gasteiger partial charge in [0.15, 0.2) is 0 Å². The third kappa shape index (κ3) is 5.12. The van der Waals surface area contributed by atoms with Gasteiger partial charge in [-0.2, -0.15) is 0 Å². The lowest BCUT2D eigenvalue weighted by molar-refractivity contribution is 0.242. The van der Waals surface area contributed by atoms with E-state index in [-0.39, 0.29) is 35.4 Å². The Kier molecular flexibility index (Phi) is 7.12. The van der Waals surface area contributed by atoms with Crippen molar-refractivity contribution in [3.05, 3.63) is 24.3 Å². The minimum atomic E-state index is -3.47.